The summed E-state index contributed by atoms with van der Waals surface area (Å²) in [5.74, 6) is -1.44. The monoisotopic (exact) mass is 848 g/mol. The van der Waals surface area contributed by atoms with E-state index in [0.29, 0.717) is 35.3 Å². The number of rotatable bonds is 11. The number of Topliss-reactive ketones (excluding diaryl/α,β-unsaturated/α-hetero) is 1. The minimum atomic E-state index is -0.849. The summed E-state index contributed by atoms with van der Waals surface area (Å²) in [7, 11) is 0. The van der Waals surface area contributed by atoms with Gasteiger partial charge in [-0.2, -0.15) is 0 Å². The first kappa shape index (κ1) is 44.8. The van der Waals surface area contributed by atoms with Gasteiger partial charge in [-0.3, -0.25) is 24.0 Å². The Morgan fingerprint density at radius 1 is 0.850 bits per heavy atom. The maximum Gasteiger partial charge on any atom is 0.309 e. The van der Waals surface area contributed by atoms with Crippen LogP contribution < -0.4 is 10.6 Å². The highest BCUT2D eigenvalue weighted by Crippen LogP contribution is 2.77. The van der Waals surface area contributed by atoms with Crippen molar-refractivity contribution < 1.29 is 38.9 Å². The smallest absolute Gasteiger partial charge is 0.309 e. The highest BCUT2D eigenvalue weighted by atomic mass is 35.5. The number of hydrogen-bond donors (Lipinski definition) is 4. The summed E-state index contributed by atoms with van der Waals surface area (Å²) in [6.45, 7) is 19.8. The van der Waals surface area contributed by atoms with Gasteiger partial charge in [0.15, 0.2) is 5.78 Å². The fourth-order valence-corrected chi connectivity index (χ4v) is 14.9. The fraction of sp³-hybridized carbons (Fsp3) is 0.735. The number of aliphatic hydroxyl groups excluding tert-OH is 1. The zero-order chi connectivity index (χ0) is 44.0. The largest absolute Gasteiger partial charge is 0.481 e. The minimum absolute atomic E-state index is 0.0119. The summed E-state index contributed by atoms with van der Waals surface area (Å²) >= 11 is 5.98. The van der Waals surface area contributed by atoms with Gasteiger partial charge in [0, 0.05) is 40.8 Å². The number of fused-ring (bicyclic) bond motifs is 7. The molecule has 7 rings (SSSR count). The van der Waals surface area contributed by atoms with Gasteiger partial charge in [-0.25, -0.2) is 0 Å². The fourth-order valence-electron chi connectivity index (χ4n) is 14.8. The Morgan fingerprint density at radius 3 is 2.15 bits per heavy atom. The van der Waals surface area contributed by atoms with E-state index in [0.717, 1.165) is 56.9 Å². The SMILES string of the molecule is CC(C)C1=C2[C@H]3CC[C@@H]4[C@@]5(C)CC[C@H](OC(=O)[C@H]6C[C@@H](C(=O)O)C6(C)C)C(C)(C)[C@@H]5CC[C@@]4(C)[C@]3(C)CC[C@@]2(CC(=O)N[C@@H](CO)CNC(=O)c2ccc(Cl)cc2)CC1=O. The van der Waals surface area contributed by atoms with Crippen LogP contribution in [0.2, 0.25) is 5.02 Å². The number of amides is 2. The second-order valence-corrected chi connectivity index (χ2v) is 22.5. The molecule has 0 bridgehead atoms. The molecule has 1 aromatic carbocycles. The predicted molar refractivity (Wildman–Crippen MR) is 230 cm³/mol. The van der Waals surface area contributed by atoms with Gasteiger partial charge in [-0.1, -0.05) is 79.5 Å². The van der Waals surface area contributed by atoms with Crippen LogP contribution in [0.3, 0.4) is 0 Å². The average Bonchev–Trinajstić information content (AvgIpc) is 3.45. The number of carboxylic acid groups (broad SMARTS) is 1. The third-order valence-corrected chi connectivity index (χ3v) is 18.6. The Bertz CT molecular complexity index is 1960. The molecule has 6 aliphatic carbocycles. The molecule has 0 unspecified atom stereocenters. The van der Waals surface area contributed by atoms with Gasteiger partial charge in [-0.05, 0) is 133 Å². The van der Waals surface area contributed by atoms with E-state index in [-0.39, 0.29) is 82.7 Å². The second-order valence-electron chi connectivity index (χ2n) is 22.1. The summed E-state index contributed by atoms with van der Waals surface area (Å²) < 4.78 is 6.41. The maximum atomic E-state index is 14.1. The molecular formula is C49H69ClN2O8. The van der Waals surface area contributed by atoms with Crippen molar-refractivity contribution in [3.8, 4) is 0 Å². The number of aliphatic carboxylic acids is 1. The summed E-state index contributed by atoms with van der Waals surface area (Å²) in [5.41, 5.74) is 1.02. The number of carboxylic acids is 1. The van der Waals surface area contributed by atoms with Gasteiger partial charge in [0.1, 0.15) is 6.10 Å². The van der Waals surface area contributed by atoms with Crippen LogP contribution in [-0.4, -0.2) is 65.0 Å². The Labute approximate surface area is 361 Å². The van der Waals surface area contributed by atoms with Crippen LogP contribution in [0.25, 0.3) is 0 Å². The third-order valence-electron chi connectivity index (χ3n) is 18.3. The van der Waals surface area contributed by atoms with E-state index in [1.807, 2.05) is 13.8 Å². The Morgan fingerprint density at radius 2 is 1.53 bits per heavy atom. The van der Waals surface area contributed by atoms with Gasteiger partial charge in [0.05, 0.1) is 24.5 Å². The topological polar surface area (TPSA) is 159 Å². The number of carbonyl (C=O) groups excluding carboxylic acids is 4. The highest BCUT2D eigenvalue weighted by molar-refractivity contribution is 6.30. The van der Waals surface area contributed by atoms with Gasteiger partial charge in [0.25, 0.3) is 5.91 Å². The van der Waals surface area contributed by atoms with E-state index in [4.69, 9.17) is 16.3 Å². The minimum Gasteiger partial charge on any atom is -0.481 e. The molecule has 11 heteroatoms. The molecule has 0 aromatic heterocycles. The van der Waals surface area contributed by atoms with Crippen molar-refractivity contribution >= 4 is 41.1 Å². The van der Waals surface area contributed by atoms with E-state index in [9.17, 15) is 34.2 Å². The summed E-state index contributed by atoms with van der Waals surface area (Å²) in [6.07, 6.45) is 8.04. The molecule has 60 heavy (non-hydrogen) atoms. The summed E-state index contributed by atoms with van der Waals surface area (Å²) in [5, 5.41) is 26.3. The van der Waals surface area contributed by atoms with Crippen molar-refractivity contribution in [1.29, 1.82) is 0 Å². The van der Waals surface area contributed by atoms with Crippen molar-refractivity contribution in [2.75, 3.05) is 13.2 Å². The van der Waals surface area contributed by atoms with Crippen molar-refractivity contribution in [2.45, 2.75) is 145 Å². The molecule has 5 saturated carbocycles. The van der Waals surface area contributed by atoms with E-state index < -0.39 is 34.7 Å². The van der Waals surface area contributed by atoms with Crippen LogP contribution >= 0.6 is 11.6 Å². The normalized spacial score (nSPS) is 38.0. The second kappa shape index (κ2) is 15.5. The zero-order valence-electron chi connectivity index (χ0n) is 37.3. The Hall–Kier alpha value is -3.24. The number of esters is 1. The lowest BCUT2D eigenvalue weighted by atomic mass is 9.33. The van der Waals surface area contributed by atoms with E-state index in [2.05, 4.69) is 59.1 Å². The van der Waals surface area contributed by atoms with E-state index in [1.165, 1.54) is 5.57 Å². The molecule has 0 aliphatic heterocycles. The van der Waals surface area contributed by atoms with Crippen molar-refractivity contribution in [1.82, 2.24) is 10.6 Å². The third kappa shape index (κ3) is 6.96. The van der Waals surface area contributed by atoms with Gasteiger partial charge in [-0.15, -0.1) is 0 Å². The molecule has 0 spiro atoms. The molecule has 11 atom stereocenters. The molecule has 330 valence electrons. The molecule has 2 amide bonds. The number of ketones is 1. The Kier molecular flexibility index (Phi) is 11.6. The molecular weight excluding hydrogens is 780 g/mol. The number of hydrogen-bond acceptors (Lipinski definition) is 7. The first-order chi connectivity index (χ1) is 28.0. The molecule has 6 aliphatic rings. The molecule has 0 radical (unpaired) electrons. The summed E-state index contributed by atoms with van der Waals surface area (Å²) in [6, 6.07) is 5.84. The first-order valence-corrected chi connectivity index (χ1v) is 23.0. The number of halogens is 1. The van der Waals surface area contributed by atoms with Gasteiger partial charge < -0.3 is 25.6 Å². The van der Waals surface area contributed by atoms with E-state index >= 15 is 0 Å². The van der Waals surface area contributed by atoms with Crippen LogP contribution in [0, 0.1) is 68.0 Å². The van der Waals surface area contributed by atoms with Gasteiger partial charge >= 0.3 is 11.9 Å². The van der Waals surface area contributed by atoms with Crippen LogP contribution in [0.4, 0.5) is 0 Å². The molecule has 10 nitrogen and oxygen atoms in total. The lowest BCUT2D eigenvalue weighted by Gasteiger charge is -2.72. The van der Waals surface area contributed by atoms with Crippen molar-refractivity contribution in [3.63, 3.8) is 0 Å². The lowest BCUT2D eigenvalue weighted by Crippen LogP contribution is -2.66. The quantitative estimate of drug-likeness (QED) is 0.161. The number of benzene rings is 1. The highest BCUT2D eigenvalue weighted by Gasteiger charge is 2.70. The van der Waals surface area contributed by atoms with Crippen LogP contribution in [-0.2, 0) is 23.9 Å². The van der Waals surface area contributed by atoms with Crippen LogP contribution in [0.15, 0.2) is 35.4 Å². The number of aliphatic hydroxyl groups is 1. The number of ether oxygens (including phenoxy) is 1. The molecule has 4 N–H and O–H groups in total. The standard InChI is InChI=1S/C49H69ClN2O8/c1-27(2)39-34(54)23-49(24-38(55)52-30(26-53)25-51-41(56)28-10-12-29(50)13-11-28)21-20-47(8)31(40(39)49)14-15-36-46(7)18-17-37(45(5,6)35(46)16-19-48(36,47)9)60-43(59)33-22-32(42(57)58)44(33,3)4/h10-13,27,30-33,35-37,53H,14-26H2,1-9H3,(H,51,56)(H,52,55)(H,57,58)/t30-,31-,32+,33-,35+,36-,37+,46+,47-,48-,49+/m1/s1. The molecule has 1 aromatic rings. The van der Waals surface area contributed by atoms with Crippen molar-refractivity contribution in [2.24, 2.45) is 68.0 Å². The molecule has 0 saturated heterocycles. The average molecular weight is 850 g/mol. The Balaban J connectivity index is 1.08. The maximum absolute atomic E-state index is 14.1. The number of allylic oxidation sites excluding steroid dienone is 2. The van der Waals surface area contributed by atoms with E-state index in [1.54, 1.807) is 24.3 Å². The van der Waals surface area contributed by atoms with Crippen molar-refractivity contribution in [3.05, 3.63) is 46.0 Å². The van der Waals surface area contributed by atoms with Gasteiger partial charge in [0.2, 0.25) is 5.91 Å². The van der Waals surface area contributed by atoms with Crippen LogP contribution in [0.5, 0.6) is 0 Å². The molecule has 0 heterocycles. The number of nitrogens with one attached hydrogen (secondary N) is 2. The lowest BCUT2D eigenvalue weighted by molar-refractivity contribution is -0.236. The van der Waals surface area contributed by atoms with Crippen LogP contribution in [0.1, 0.15) is 143 Å². The predicted octanol–water partition coefficient (Wildman–Crippen LogP) is 8.58. The first-order valence-electron chi connectivity index (χ1n) is 22.6. The number of carbonyl (C=O) groups is 5. The molecule has 5 fully saturated rings. The zero-order valence-corrected chi connectivity index (χ0v) is 38.1. The summed E-state index contributed by atoms with van der Waals surface area (Å²) in [4.78, 5) is 66.4.